The van der Waals surface area contributed by atoms with Crippen LogP contribution in [0.2, 0.25) is 5.02 Å². The summed E-state index contributed by atoms with van der Waals surface area (Å²) in [5, 5.41) is 0.691. The van der Waals surface area contributed by atoms with E-state index >= 15 is 0 Å². The molecule has 1 atom stereocenters. The Labute approximate surface area is 121 Å². The number of rotatable bonds is 1. The number of aromatic nitrogens is 2. The molecule has 0 aliphatic carbocycles. The number of hydrogen-bond donors (Lipinski definition) is 0. The van der Waals surface area contributed by atoms with E-state index in [1.165, 1.54) is 10.9 Å². The molecule has 0 saturated carbocycles. The van der Waals surface area contributed by atoms with Crippen molar-refractivity contribution in [1.29, 1.82) is 0 Å². The summed E-state index contributed by atoms with van der Waals surface area (Å²) in [5.74, 6) is 0. The minimum absolute atomic E-state index is 0.0789. The molecule has 0 bridgehead atoms. The van der Waals surface area contributed by atoms with Gasteiger partial charge in [-0.25, -0.2) is 9.78 Å². The molecule has 2 aromatic rings. The van der Waals surface area contributed by atoms with Gasteiger partial charge in [0.25, 0.3) is 0 Å². The summed E-state index contributed by atoms with van der Waals surface area (Å²) in [6.45, 7) is 1.63. The van der Waals surface area contributed by atoms with Crippen LogP contribution in [0.15, 0.2) is 43.0 Å². The van der Waals surface area contributed by atoms with Crippen molar-refractivity contribution in [3.05, 3.63) is 53.6 Å². The highest BCUT2D eigenvalue weighted by Crippen LogP contribution is 2.24. The van der Waals surface area contributed by atoms with E-state index in [1.807, 2.05) is 24.3 Å². The van der Waals surface area contributed by atoms with Gasteiger partial charge in [0.1, 0.15) is 12.4 Å². The molecular formula is C14H14ClN3O2. The monoisotopic (exact) mass is 291 g/mol. The fourth-order valence-electron chi connectivity index (χ4n) is 2.24. The van der Waals surface area contributed by atoms with Crippen LogP contribution in [-0.2, 0) is 4.74 Å². The SMILES string of the molecule is O=C(N1CCOC(c2ccc(Cl)cc2)C1)n1ccnc1. The quantitative estimate of drug-likeness (QED) is 0.811. The number of halogens is 1. The van der Waals surface area contributed by atoms with E-state index in [9.17, 15) is 4.79 Å². The first-order valence-electron chi connectivity index (χ1n) is 6.38. The smallest absolute Gasteiger partial charge is 0.329 e. The van der Waals surface area contributed by atoms with Gasteiger partial charge in [0.2, 0.25) is 0 Å². The minimum atomic E-state index is -0.117. The third kappa shape index (κ3) is 2.69. The number of ether oxygens (including phenoxy) is 1. The Balaban J connectivity index is 1.73. The number of morpholine rings is 1. The van der Waals surface area contributed by atoms with Crippen LogP contribution in [0.5, 0.6) is 0 Å². The van der Waals surface area contributed by atoms with Gasteiger partial charge in [-0.05, 0) is 17.7 Å². The van der Waals surface area contributed by atoms with Gasteiger partial charge in [0.05, 0.1) is 13.2 Å². The molecule has 1 unspecified atom stereocenters. The Morgan fingerprint density at radius 3 is 2.85 bits per heavy atom. The van der Waals surface area contributed by atoms with Gasteiger partial charge >= 0.3 is 6.03 Å². The number of carbonyl (C=O) groups excluding carboxylic acids is 1. The van der Waals surface area contributed by atoms with Crippen LogP contribution >= 0.6 is 11.6 Å². The highest BCUT2D eigenvalue weighted by Gasteiger charge is 2.26. The van der Waals surface area contributed by atoms with Crippen LogP contribution in [-0.4, -0.2) is 40.2 Å². The molecule has 1 aliphatic rings. The fourth-order valence-corrected chi connectivity index (χ4v) is 2.36. The van der Waals surface area contributed by atoms with Gasteiger partial charge in [0, 0.05) is 24.0 Å². The molecular weight excluding hydrogens is 278 g/mol. The van der Waals surface area contributed by atoms with Crippen molar-refractivity contribution in [2.24, 2.45) is 0 Å². The standard InChI is InChI=1S/C14H14ClN3O2/c15-12-3-1-11(2-4-12)13-9-17(7-8-20-13)14(19)18-6-5-16-10-18/h1-6,10,13H,7-9H2. The lowest BCUT2D eigenvalue weighted by molar-refractivity contribution is -0.0152. The van der Waals surface area contributed by atoms with E-state index in [0.717, 1.165) is 5.56 Å². The molecule has 3 rings (SSSR count). The second-order valence-corrected chi connectivity index (χ2v) is 5.05. The number of nitrogens with zero attached hydrogens (tertiary/aromatic N) is 3. The molecule has 1 fully saturated rings. The fraction of sp³-hybridized carbons (Fsp3) is 0.286. The molecule has 0 radical (unpaired) electrons. The molecule has 1 amide bonds. The summed E-state index contributed by atoms with van der Waals surface area (Å²) in [6.07, 6.45) is 4.63. The average Bonchev–Trinajstić information content (AvgIpc) is 3.01. The summed E-state index contributed by atoms with van der Waals surface area (Å²) >= 11 is 5.88. The van der Waals surface area contributed by atoms with Crippen molar-refractivity contribution in [1.82, 2.24) is 14.5 Å². The van der Waals surface area contributed by atoms with Gasteiger partial charge in [-0.2, -0.15) is 0 Å². The van der Waals surface area contributed by atoms with Gasteiger partial charge in [-0.1, -0.05) is 23.7 Å². The van der Waals surface area contributed by atoms with Crippen molar-refractivity contribution in [3.8, 4) is 0 Å². The number of benzene rings is 1. The number of amides is 1. The van der Waals surface area contributed by atoms with Crippen LogP contribution in [0.4, 0.5) is 4.79 Å². The zero-order valence-electron chi connectivity index (χ0n) is 10.8. The second kappa shape index (κ2) is 5.64. The molecule has 2 heterocycles. The Kier molecular flexibility index (Phi) is 3.71. The highest BCUT2D eigenvalue weighted by molar-refractivity contribution is 6.30. The zero-order chi connectivity index (χ0) is 13.9. The molecule has 0 spiro atoms. The van der Waals surface area contributed by atoms with E-state index in [2.05, 4.69) is 4.98 Å². The maximum atomic E-state index is 12.3. The van der Waals surface area contributed by atoms with Crippen LogP contribution in [0.3, 0.4) is 0 Å². The van der Waals surface area contributed by atoms with E-state index in [4.69, 9.17) is 16.3 Å². The second-order valence-electron chi connectivity index (χ2n) is 4.61. The van der Waals surface area contributed by atoms with Crippen molar-refractivity contribution in [2.45, 2.75) is 6.10 Å². The Bertz CT molecular complexity index is 583. The number of hydrogen-bond acceptors (Lipinski definition) is 3. The first-order chi connectivity index (χ1) is 9.74. The van der Waals surface area contributed by atoms with Gasteiger partial charge in [-0.15, -0.1) is 0 Å². The summed E-state index contributed by atoms with van der Waals surface area (Å²) in [7, 11) is 0. The Morgan fingerprint density at radius 1 is 1.35 bits per heavy atom. The summed E-state index contributed by atoms with van der Waals surface area (Å²) in [6, 6.07) is 7.44. The zero-order valence-corrected chi connectivity index (χ0v) is 11.5. The first kappa shape index (κ1) is 13.1. The third-order valence-electron chi connectivity index (χ3n) is 3.30. The van der Waals surface area contributed by atoms with Crippen molar-refractivity contribution in [2.75, 3.05) is 19.7 Å². The Hall–Kier alpha value is -1.85. The molecule has 20 heavy (non-hydrogen) atoms. The maximum Gasteiger partial charge on any atom is 0.329 e. The van der Waals surface area contributed by atoms with Crippen LogP contribution in [0.25, 0.3) is 0 Å². The van der Waals surface area contributed by atoms with Crippen molar-refractivity contribution in [3.63, 3.8) is 0 Å². The van der Waals surface area contributed by atoms with Crippen LogP contribution in [0.1, 0.15) is 11.7 Å². The molecule has 1 aliphatic heterocycles. The lowest BCUT2D eigenvalue weighted by atomic mass is 10.1. The number of carbonyl (C=O) groups is 1. The molecule has 6 heteroatoms. The summed E-state index contributed by atoms with van der Waals surface area (Å²) in [5.41, 5.74) is 1.03. The first-order valence-corrected chi connectivity index (χ1v) is 6.76. The predicted octanol–water partition coefficient (Wildman–Crippen LogP) is 2.58. The average molecular weight is 292 g/mol. The largest absolute Gasteiger partial charge is 0.370 e. The topological polar surface area (TPSA) is 47.4 Å². The van der Waals surface area contributed by atoms with Gasteiger partial charge < -0.3 is 9.64 Å². The number of imidazole rings is 1. The third-order valence-corrected chi connectivity index (χ3v) is 3.56. The van der Waals surface area contributed by atoms with E-state index < -0.39 is 0 Å². The molecule has 5 nitrogen and oxygen atoms in total. The minimum Gasteiger partial charge on any atom is -0.370 e. The van der Waals surface area contributed by atoms with Crippen LogP contribution < -0.4 is 0 Å². The van der Waals surface area contributed by atoms with Crippen molar-refractivity contribution < 1.29 is 9.53 Å². The highest BCUT2D eigenvalue weighted by atomic mass is 35.5. The van der Waals surface area contributed by atoms with E-state index in [-0.39, 0.29) is 12.1 Å². The molecule has 0 N–H and O–H groups in total. The maximum absolute atomic E-state index is 12.3. The van der Waals surface area contributed by atoms with Crippen molar-refractivity contribution >= 4 is 17.6 Å². The summed E-state index contributed by atoms with van der Waals surface area (Å²) < 4.78 is 7.22. The van der Waals surface area contributed by atoms with E-state index in [1.54, 1.807) is 17.3 Å². The van der Waals surface area contributed by atoms with Gasteiger partial charge in [-0.3, -0.25) is 4.57 Å². The summed E-state index contributed by atoms with van der Waals surface area (Å²) in [4.78, 5) is 17.9. The molecule has 104 valence electrons. The Morgan fingerprint density at radius 2 is 2.15 bits per heavy atom. The lowest BCUT2D eigenvalue weighted by Gasteiger charge is -2.33. The molecule has 1 aromatic carbocycles. The van der Waals surface area contributed by atoms with E-state index in [0.29, 0.717) is 24.7 Å². The van der Waals surface area contributed by atoms with Crippen LogP contribution in [0, 0.1) is 0 Å². The molecule has 1 saturated heterocycles. The molecule has 1 aromatic heterocycles. The normalized spacial score (nSPS) is 19.1. The van der Waals surface area contributed by atoms with Gasteiger partial charge in [0.15, 0.2) is 0 Å². The predicted molar refractivity (Wildman–Crippen MR) is 74.7 cm³/mol. The lowest BCUT2D eigenvalue weighted by Crippen LogP contribution is -2.43.